The standard InChI is InChI=1S/C14H27N3/c1-6-9-15-12(14(2,3)4)7-8-13-16-10-11-17(13)5/h10-12,15H,6-9H2,1-5H3. The predicted molar refractivity (Wildman–Crippen MR) is 73.1 cm³/mol. The highest BCUT2D eigenvalue weighted by atomic mass is 15.0. The Morgan fingerprint density at radius 1 is 1.41 bits per heavy atom. The molecule has 0 radical (unpaired) electrons. The molecule has 1 aromatic heterocycles. The molecule has 0 saturated heterocycles. The van der Waals surface area contributed by atoms with E-state index < -0.39 is 0 Å². The van der Waals surface area contributed by atoms with Crippen molar-refractivity contribution in [2.45, 2.75) is 53.0 Å². The van der Waals surface area contributed by atoms with Gasteiger partial charge in [-0.15, -0.1) is 0 Å². The zero-order chi connectivity index (χ0) is 12.9. The van der Waals surface area contributed by atoms with Gasteiger partial charge in [-0.3, -0.25) is 0 Å². The molecule has 0 amide bonds. The monoisotopic (exact) mass is 237 g/mol. The molecule has 0 aliphatic rings. The third kappa shape index (κ3) is 4.50. The van der Waals surface area contributed by atoms with E-state index in [0.717, 1.165) is 19.4 Å². The van der Waals surface area contributed by atoms with E-state index in [1.165, 1.54) is 12.2 Å². The van der Waals surface area contributed by atoms with Gasteiger partial charge in [0.25, 0.3) is 0 Å². The normalized spacial score (nSPS) is 13.9. The van der Waals surface area contributed by atoms with Crippen LogP contribution in [0, 0.1) is 5.41 Å². The van der Waals surface area contributed by atoms with Crippen LogP contribution in [0.3, 0.4) is 0 Å². The van der Waals surface area contributed by atoms with Gasteiger partial charge in [-0.05, 0) is 24.8 Å². The lowest BCUT2D eigenvalue weighted by Crippen LogP contribution is -2.41. The number of aromatic nitrogens is 2. The highest BCUT2D eigenvalue weighted by Gasteiger charge is 2.23. The molecule has 0 spiro atoms. The highest BCUT2D eigenvalue weighted by Crippen LogP contribution is 2.23. The molecule has 3 nitrogen and oxygen atoms in total. The maximum atomic E-state index is 4.39. The fraction of sp³-hybridized carbons (Fsp3) is 0.786. The number of hydrogen-bond donors (Lipinski definition) is 1. The summed E-state index contributed by atoms with van der Waals surface area (Å²) in [5.41, 5.74) is 0.306. The Bertz CT molecular complexity index is 322. The molecule has 1 atom stereocenters. The van der Waals surface area contributed by atoms with E-state index in [-0.39, 0.29) is 0 Å². The van der Waals surface area contributed by atoms with Crippen LogP contribution in [0.2, 0.25) is 0 Å². The van der Waals surface area contributed by atoms with Crippen LogP contribution in [0.15, 0.2) is 12.4 Å². The topological polar surface area (TPSA) is 29.9 Å². The lowest BCUT2D eigenvalue weighted by Gasteiger charge is -2.31. The first-order valence-electron chi connectivity index (χ1n) is 6.64. The fourth-order valence-corrected chi connectivity index (χ4v) is 2.07. The lowest BCUT2D eigenvalue weighted by molar-refractivity contribution is 0.254. The Morgan fingerprint density at radius 3 is 2.59 bits per heavy atom. The average Bonchev–Trinajstić information content (AvgIpc) is 2.62. The van der Waals surface area contributed by atoms with Crippen molar-refractivity contribution in [3.63, 3.8) is 0 Å². The summed E-state index contributed by atoms with van der Waals surface area (Å²) in [7, 11) is 2.06. The molecule has 17 heavy (non-hydrogen) atoms. The highest BCUT2D eigenvalue weighted by molar-refractivity contribution is 4.93. The molecule has 0 aromatic carbocycles. The van der Waals surface area contributed by atoms with Crippen molar-refractivity contribution in [3.05, 3.63) is 18.2 Å². The summed E-state index contributed by atoms with van der Waals surface area (Å²) >= 11 is 0. The second kappa shape index (κ2) is 6.20. The third-order valence-corrected chi connectivity index (χ3v) is 3.26. The molecule has 1 heterocycles. The summed E-state index contributed by atoms with van der Waals surface area (Å²) in [5, 5.41) is 3.65. The summed E-state index contributed by atoms with van der Waals surface area (Å²) < 4.78 is 2.11. The van der Waals surface area contributed by atoms with Crippen molar-refractivity contribution >= 4 is 0 Å². The Hall–Kier alpha value is -0.830. The van der Waals surface area contributed by atoms with Crippen LogP contribution in [0.5, 0.6) is 0 Å². The first-order valence-corrected chi connectivity index (χ1v) is 6.64. The van der Waals surface area contributed by atoms with Crippen LogP contribution in [-0.4, -0.2) is 22.1 Å². The Balaban J connectivity index is 2.52. The average molecular weight is 237 g/mol. The van der Waals surface area contributed by atoms with Crippen molar-refractivity contribution in [1.29, 1.82) is 0 Å². The summed E-state index contributed by atoms with van der Waals surface area (Å²) in [6.07, 6.45) is 7.27. The van der Waals surface area contributed by atoms with Gasteiger partial charge in [0, 0.05) is 31.9 Å². The van der Waals surface area contributed by atoms with Gasteiger partial charge in [0.2, 0.25) is 0 Å². The molecule has 0 bridgehead atoms. The van der Waals surface area contributed by atoms with Crippen LogP contribution in [0.1, 0.15) is 46.4 Å². The van der Waals surface area contributed by atoms with E-state index in [9.17, 15) is 0 Å². The van der Waals surface area contributed by atoms with Crippen LogP contribution in [-0.2, 0) is 13.5 Å². The van der Waals surface area contributed by atoms with Crippen LogP contribution < -0.4 is 5.32 Å². The Labute approximate surface area is 106 Å². The van der Waals surface area contributed by atoms with E-state index in [1.807, 2.05) is 12.4 Å². The van der Waals surface area contributed by atoms with E-state index in [2.05, 4.69) is 49.6 Å². The predicted octanol–water partition coefficient (Wildman–Crippen LogP) is 2.77. The first-order chi connectivity index (χ1) is 7.95. The minimum Gasteiger partial charge on any atom is -0.338 e. The molecule has 0 aliphatic carbocycles. The van der Waals surface area contributed by atoms with Crippen molar-refractivity contribution in [2.24, 2.45) is 12.5 Å². The molecule has 3 heteroatoms. The minimum absolute atomic E-state index is 0.306. The van der Waals surface area contributed by atoms with Gasteiger partial charge in [-0.2, -0.15) is 0 Å². The second-order valence-electron chi connectivity index (χ2n) is 5.87. The third-order valence-electron chi connectivity index (χ3n) is 3.26. The van der Waals surface area contributed by atoms with Crippen molar-refractivity contribution in [2.75, 3.05) is 6.54 Å². The summed E-state index contributed by atoms with van der Waals surface area (Å²) in [5.74, 6) is 1.18. The number of nitrogens with one attached hydrogen (secondary N) is 1. The summed E-state index contributed by atoms with van der Waals surface area (Å²) in [4.78, 5) is 4.39. The number of nitrogens with zero attached hydrogens (tertiary/aromatic N) is 2. The first kappa shape index (κ1) is 14.2. The van der Waals surface area contributed by atoms with Gasteiger partial charge >= 0.3 is 0 Å². The van der Waals surface area contributed by atoms with Crippen LogP contribution in [0.4, 0.5) is 0 Å². The summed E-state index contributed by atoms with van der Waals surface area (Å²) in [6, 6.07) is 0.555. The summed E-state index contributed by atoms with van der Waals surface area (Å²) in [6.45, 7) is 10.2. The van der Waals surface area contributed by atoms with Gasteiger partial charge < -0.3 is 9.88 Å². The number of rotatable bonds is 6. The van der Waals surface area contributed by atoms with Gasteiger partial charge in [-0.25, -0.2) is 4.98 Å². The maximum Gasteiger partial charge on any atom is 0.108 e. The molecule has 98 valence electrons. The molecule has 0 saturated carbocycles. The van der Waals surface area contributed by atoms with E-state index in [4.69, 9.17) is 0 Å². The van der Waals surface area contributed by atoms with E-state index in [0.29, 0.717) is 11.5 Å². The van der Waals surface area contributed by atoms with Gasteiger partial charge in [0.1, 0.15) is 5.82 Å². The minimum atomic E-state index is 0.306. The van der Waals surface area contributed by atoms with E-state index >= 15 is 0 Å². The molecular formula is C14H27N3. The molecule has 1 rings (SSSR count). The van der Waals surface area contributed by atoms with Crippen molar-refractivity contribution in [1.82, 2.24) is 14.9 Å². The van der Waals surface area contributed by atoms with Gasteiger partial charge in [-0.1, -0.05) is 27.7 Å². The number of aryl methyl sites for hydroxylation is 2. The zero-order valence-electron chi connectivity index (χ0n) is 12.0. The molecular weight excluding hydrogens is 210 g/mol. The second-order valence-corrected chi connectivity index (χ2v) is 5.87. The largest absolute Gasteiger partial charge is 0.338 e. The number of imidazole rings is 1. The molecule has 0 fully saturated rings. The maximum absolute atomic E-state index is 4.39. The molecule has 1 aromatic rings. The Kier molecular flexibility index (Phi) is 5.19. The fourth-order valence-electron chi connectivity index (χ4n) is 2.07. The smallest absolute Gasteiger partial charge is 0.108 e. The van der Waals surface area contributed by atoms with Gasteiger partial charge in [0.15, 0.2) is 0 Å². The van der Waals surface area contributed by atoms with Crippen LogP contribution >= 0.6 is 0 Å². The SMILES string of the molecule is CCCNC(CCc1nccn1C)C(C)(C)C. The molecule has 1 N–H and O–H groups in total. The lowest BCUT2D eigenvalue weighted by atomic mass is 9.84. The molecule has 0 aliphatic heterocycles. The van der Waals surface area contributed by atoms with Crippen molar-refractivity contribution < 1.29 is 0 Å². The Morgan fingerprint density at radius 2 is 2.12 bits per heavy atom. The quantitative estimate of drug-likeness (QED) is 0.824. The van der Waals surface area contributed by atoms with E-state index in [1.54, 1.807) is 0 Å². The zero-order valence-corrected chi connectivity index (χ0v) is 12.0. The van der Waals surface area contributed by atoms with Crippen molar-refractivity contribution in [3.8, 4) is 0 Å². The number of hydrogen-bond acceptors (Lipinski definition) is 2. The van der Waals surface area contributed by atoms with Gasteiger partial charge in [0.05, 0.1) is 0 Å². The molecule has 1 unspecified atom stereocenters. The van der Waals surface area contributed by atoms with Crippen LogP contribution in [0.25, 0.3) is 0 Å².